The molecule has 1 unspecified atom stereocenters. The minimum Gasteiger partial charge on any atom is -0.467 e. The molecule has 0 aromatic carbocycles. The molecule has 0 radical (unpaired) electrons. The molecular formula is C23H36N3O11P. The molecule has 1 atom stereocenters. The SMILES string of the molecule is COC(=O)C(OC/C=C/Cn1ccc(N(C(=O)OC(C)(C)C)C(=O)OC(C)(C)C)nc1=O)P(=O)(OC)OC. The zero-order chi connectivity index (χ0) is 29.3. The number of carbonyl (C=O) groups excluding carboxylic acids is 3. The van der Waals surface area contributed by atoms with Crippen LogP contribution in [0.1, 0.15) is 41.5 Å². The number of amides is 2. The molecule has 0 spiro atoms. The van der Waals surface area contributed by atoms with Crippen molar-refractivity contribution in [1.29, 1.82) is 0 Å². The zero-order valence-electron chi connectivity index (χ0n) is 23.1. The minimum atomic E-state index is -3.91. The summed E-state index contributed by atoms with van der Waals surface area (Å²) in [7, 11) is -0.603. The smallest absolute Gasteiger partial charge is 0.425 e. The van der Waals surface area contributed by atoms with Crippen LogP contribution in [-0.4, -0.2) is 72.7 Å². The number of anilines is 1. The average Bonchev–Trinajstić information content (AvgIpc) is 2.79. The Morgan fingerprint density at radius 2 is 1.53 bits per heavy atom. The summed E-state index contributed by atoms with van der Waals surface area (Å²) >= 11 is 0. The fourth-order valence-corrected chi connectivity index (χ4v) is 3.78. The van der Waals surface area contributed by atoms with Gasteiger partial charge in [0.05, 0.1) is 13.7 Å². The fourth-order valence-electron chi connectivity index (χ4n) is 2.62. The predicted octanol–water partition coefficient (Wildman–Crippen LogP) is 3.48. The molecule has 0 saturated heterocycles. The van der Waals surface area contributed by atoms with Crippen LogP contribution in [0.15, 0.2) is 29.2 Å². The lowest BCUT2D eigenvalue weighted by molar-refractivity contribution is -0.149. The molecule has 14 nitrogen and oxygen atoms in total. The van der Waals surface area contributed by atoms with Crippen LogP contribution in [0.5, 0.6) is 0 Å². The summed E-state index contributed by atoms with van der Waals surface area (Å²) in [5, 5.41) is 0. The van der Waals surface area contributed by atoms with E-state index in [-0.39, 0.29) is 19.0 Å². The Kier molecular flexibility index (Phi) is 11.8. The molecule has 1 rings (SSSR count). The van der Waals surface area contributed by atoms with Crippen molar-refractivity contribution in [2.45, 2.75) is 65.1 Å². The molecule has 214 valence electrons. The molecule has 2 amide bonds. The normalized spacial score (nSPS) is 13.2. The number of esters is 1. The van der Waals surface area contributed by atoms with E-state index in [1.807, 2.05) is 0 Å². The van der Waals surface area contributed by atoms with Crippen LogP contribution in [0.3, 0.4) is 0 Å². The Hall–Kier alpha value is -3.06. The topological polar surface area (TPSA) is 162 Å². The molecule has 1 heterocycles. The molecule has 0 aliphatic carbocycles. The maximum Gasteiger partial charge on any atom is 0.425 e. The quantitative estimate of drug-likeness (QED) is 0.177. The van der Waals surface area contributed by atoms with Gasteiger partial charge in [0.25, 0.3) is 5.85 Å². The largest absolute Gasteiger partial charge is 0.467 e. The zero-order valence-corrected chi connectivity index (χ0v) is 24.0. The number of imide groups is 1. The lowest BCUT2D eigenvalue weighted by atomic mass is 10.2. The lowest BCUT2D eigenvalue weighted by Gasteiger charge is -2.28. The number of carbonyl (C=O) groups is 3. The number of ether oxygens (including phenoxy) is 4. The highest BCUT2D eigenvalue weighted by Crippen LogP contribution is 2.52. The Morgan fingerprint density at radius 1 is 1.00 bits per heavy atom. The van der Waals surface area contributed by atoms with E-state index >= 15 is 0 Å². The molecule has 38 heavy (non-hydrogen) atoms. The number of hydrogen-bond acceptors (Lipinski definition) is 12. The second-order valence-electron chi connectivity index (χ2n) is 9.60. The predicted molar refractivity (Wildman–Crippen MR) is 136 cm³/mol. The molecule has 0 fully saturated rings. The van der Waals surface area contributed by atoms with Crippen LogP contribution in [-0.2, 0) is 43.9 Å². The Balaban J connectivity index is 3.05. The third kappa shape index (κ3) is 10.0. The molecule has 0 bridgehead atoms. The van der Waals surface area contributed by atoms with Gasteiger partial charge in [0.1, 0.15) is 11.2 Å². The second kappa shape index (κ2) is 13.7. The van der Waals surface area contributed by atoms with E-state index in [4.69, 9.17) is 23.3 Å². The number of rotatable bonds is 10. The first kappa shape index (κ1) is 33.0. The number of methoxy groups -OCH3 is 1. The van der Waals surface area contributed by atoms with Gasteiger partial charge >= 0.3 is 31.4 Å². The van der Waals surface area contributed by atoms with Crippen LogP contribution in [0.4, 0.5) is 15.4 Å². The highest BCUT2D eigenvalue weighted by molar-refractivity contribution is 7.55. The highest BCUT2D eigenvalue weighted by Gasteiger charge is 2.42. The molecular weight excluding hydrogens is 525 g/mol. The van der Waals surface area contributed by atoms with Crippen molar-refractivity contribution in [3.63, 3.8) is 0 Å². The molecule has 1 aromatic rings. The van der Waals surface area contributed by atoms with Crippen LogP contribution in [0.2, 0.25) is 0 Å². The maximum atomic E-state index is 12.7. The summed E-state index contributed by atoms with van der Waals surface area (Å²) in [6.45, 7) is 9.55. The molecule has 1 aromatic heterocycles. The van der Waals surface area contributed by atoms with Crippen LogP contribution >= 0.6 is 7.60 Å². The van der Waals surface area contributed by atoms with Crippen molar-refractivity contribution in [3.8, 4) is 0 Å². The van der Waals surface area contributed by atoms with Gasteiger partial charge in [-0.05, 0) is 47.6 Å². The molecule has 0 N–H and O–H groups in total. The van der Waals surface area contributed by atoms with Crippen molar-refractivity contribution in [2.24, 2.45) is 0 Å². The lowest BCUT2D eigenvalue weighted by Crippen LogP contribution is -2.45. The average molecular weight is 562 g/mol. The standard InChI is InChI=1S/C23H36N3O11P/c1-22(2,3)36-20(29)26(21(30)37-23(4,5)6)16-12-14-25(19(28)24-16)13-10-11-15-35-18(17(27)32-7)38(31,33-8)34-9/h10-12,14,18H,13,15H2,1-9H3/b11-10+. The number of nitrogens with zero attached hydrogens (tertiary/aromatic N) is 3. The van der Waals surface area contributed by atoms with E-state index in [0.29, 0.717) is 4.90 Å². The van der Waals surface area contributed by atoms with E-state index in [1.54, 1.807) is 41.5 Å². The van der Waals surface area contributed by atoms with E-state index < -0.39 is 48.5 Å². The summed E-state index contributed by atoms with van der Waals surface area (Å²) < 4.78 is 43.7. The van der Waals surface area contributed by atoms with E-state index in [2.05, 4.69) is 9.72 Å². The number of hydrogen-bond donors (Lipinski definition) is 0. The summed E-state index contributed by atoms with van der Waals surface area (Å²) in [4.78, 5) is 54.3. The first-order valence-corrected chi connectivity index (χ1v) is 13.0. The van der Waals surface area contributed by atoms with Gasteiger partial charge in [0, 0.05) is 27.0 Å². The summed E-state index contributed by atoms with van der Waals surface area (Å²) in [5.41, 5.74) is -2.63. The van der Waals surface area contributed by atoms with Crippen molar-refractivity contribution in [1.82, 2.24) is 9.55 Å². The third-order valence-electron chi connectivity index (χ3n) is 4.26. The van der Waals surface area contributed by atoms with Gasteiger partial charge in [-0.15, -0.1) is 0 Å². The maximum absolute atomic E-state index is 12.7. The van der Waals surface area contributed by atoms with Gasteiger partial charge in [0.2, 0.25) is 0 Å². The van der Waals surface area contributed by atoms with Gasteiger partial charge in [0.15, 0.2) is 5.82 Å². The third-order valence-corrected chi connectivity index (χ3v) is 6.21. The van der Waals surface area contributed by atoms with Crippen LogP contribution < -0.4 is 10.6 Å². The first-order valence-electron chi connectivity index (χ1n) is 11.4. The monoisotopic (exact) mass is 561 g/mol. The van der Waals surface area contributed by atoms with Crippen LogP contribution in [0.25, 0.3) is 0 Å². The molecule has 15 heteroatoms. The van der Waals surface area contributed by atoms with Crippen molar-refractivity contribution < 1.29 is 46.9 Å². The fraction of sp³-hybridized carbons (Fsp3) is 0.609. The van der Waals surface area contributed by atoms with Crippen molar-refractivity contribution >= 4 is 31.6 Å². The van der Waals surface area contributed by atoms with Gasteiger partial charge in [-0.3, -0.25) is 9.13 Å². The first-order chi connectivity index (χ1) is 17.5. The second-order valence-corrected chi connectivity index (χ2v) is 11.9. The van der Waals surface area contributed by atoms with Gasteiger partial charge < -0.3 is 28.0 Å². The highest BCUT2D eigenvalue weighted by atomic mass is 31.2. The van der Waals surface area contributed by atoms with E-state index in [1.165, 1.54) is 29.0 Å². The van der Waals surface area contributed by atoms with E-state index in [0.717, 1.165) is 21.3 Å². The number of allylic oxidation sites excluding steroid dienone is 1. The minimum absolute atomic E-state index is 0.0173. The molecule has 0 saturated carbocycles. The van der Waals surface area contributed by atoms with Gasteiger partial charge in [-0.1, -0.05) is 12.2 Å². The Morgan fingerprint density at radius 3 is 1.95 bits per heavy atom. The molecule has 0 aliphatic heterocycles. The van der Waals surface area contributed by atoms with Crippen molar-refractivity contribution in [3.05, 3.63) is 34.9 Å². The van der Waals surface area contributed by atoms with Gasteiger partial charge in [-0.25, -0.2) is 19.2 Å². The summed E-state index contributed by atoms with van der Waals surface area (Å²) in [6, 6.07) is 1.28. The Labute approximate surface area is 221 Å². The summed E-state index contributed by atoms with van der Waals surface area (Å²) in [6.07, 6.45) is 2.18. The van der Waals surface area contributed by atoms with Crippen LogP contribution in [0, 0.1) is 0 Å². The van der Waals surface area contributed by atoms with Gasteiger partial charge in [-0.2, -0.15) is 9.88 Å². The number of aromatic nitrogens is 2. The summed E-state index contributed by atoms with van der Waals surface area (Å²) in [5.74, 6) is -2.83. The van der Waals surface area contributed by atoms with E-state index in [9.17, 15) is 23.7 Å². The Bertz CT molecular complexity index is 1080. The molecule has 0 aliphatic rings. The van der Waals surface area contributed by atoms with Crippen molar-refractivity contribution in [2.75, 3.05) is 32.8 Å².